The number of aliphatic hydroxyl groups is 1. The van der Waals surface area contributed by atoms with Gasteiger partial charge in [-0.1, -0.05) is 0 Å². The molecular formula is C13H19NO4. The lowest BCUT2D eigenvalue weighted by atomic mass is 10.2. The third kappa shape index (κ3) is 4.73. The standard InChI is InChI=1S/C13H19NO4/c1-3-18-12-6-4-10(5-7-12)13(16)14-8-11(15)9-17-2/h4-7,11,15H,3,8-9H2,1-2H3,(H,14,16). The van der Waals surface area contributed by atoms with Crippen molar-refractivity contribution in [3.05, 3.63) is 29.8 Å². The lowest BCUT2D eigenvalue weighted by molar-refractivity contribution is 0.0610. The lowest BCUT2D eigenvalue weighted by Crippen LogP contribution is -2.34. The van der Waals surface area contributed by atoms with E-state index in [-0.39, 0.29) is 19.1 Å². The van der Waals surface area contributed by atoms with Crippen molar-refractivity contribution >= 4 is 5.91 Å². The number of benzene rings is 1. The summed E-state index contributed by atoms with van der Waals surface area (Å²) in [5.41, 5.74) is 0.531. The summed E-state index contributed by atoms with van der Waals surface area (Å²) in [4.78, 5) is 11.7. The number of amides is 1. The second-order valence-electron chi connectivity index (χ2n) is 3.78. The van der Waals surface area contributed by atoms with Gasteiger partial charge in [0.05, 0.1) is 19.3 Å². The molecule has 1 aromatic carbocycles. The molecule has 5 heteroatoms. The third-order valence-corrected chi connectivity index (χ3v) is 2.28. The Kier molecular flexibility index (Phi) is 6.18. The van der Waals surface area contributed by atoms with Crippen LogP contribution in [-0.2, 0) is 4.74 Å². The van der Waals surface area contributed by atoms with Gasteiger partial charge in [0.1, 0.15) is 5.75 Å². The van der Waals surface area contributed by atoms with Gasteiger partial charge in [0.15, 0.2) is 0 Å². The van der Waals surface area contributed by atoms with Gasteiger partial charge in [0.2, 0.25) is 0 Å². The molecule has 0 bridgehead atoms. The summed E-state index contributed by atoms with van der Waals surface area (Å²) < 4.78 is 10.0. The van der Waals surface area contributed by atoms with Crippen molar-refractivity contribution in [1.82, 2.24) is 5.32 Å². The fourth-order valence-corrected chi connectivity index (χ4v) is 1.43. The molecule has 0 aromatic heterocycles. The Labute approximate surface area is 107 Å². The number of carbonyl (C=O) groups excluding carboxylic acids is 1. The molecule has 0 saturated carbocycles. The minimum absolute atomic E-state index is 0.167. The van der Waals surface area contributed by atoms with Crippen molar-refractivity contribution in [3.8, 4) is 5.75 Å². The molecule has 1 rings (SSSR count). The van der Waals surface area contributed by atoms with Gasteiger partial charge in [-0.25, -0.2) is 0 Å². The van der Waals surface area contributed by atoms with Crippen LogP contribution in [0.1, 0.15) is 17.3 Å². The Morgan fingerprint density at radius 1 is 1.39 bits per heavy atom. The summed E-state index contributed by atoms with van der Waals surface area (Å²) in [6.45, 7) is 2.86. The van der Waals surface area contributed by atoms with Gasteiger partial charge < -0.3 is 19.9 Å². The van der Waals surface area contributed by atoms with Crippen LogP contribution in [-0.4, -0.2) is 44.0 Å². The summed E-state index contributed by atoms with van der Waals surface area (Å²) in [7, 11) is 1.50. The number of carbonyl (C=O) groups is 1. The second-order valence-corrected chi connectivity index (χ2v) is 3.78. The fourth-order valence-electron chi connectivity index (χ4n) is 1.43. The van der Waals surface area contributed by atoms with E-state index in [0.29, 0.717) is 12.2 Å². The van der Waals surface area contributed by atoms with Gasteiger partial charge in [0, 0.05) is 19.2 Å². The first-order chi connectivity index (χ1) is 8.67. The topological polar surface area (TPSA) is 67.8 Å². The van der Waals surface area contributed by atoms with Gasteiger partial charge in [0.25, 0.3) is 5.91 Å². The van der Waals surface area contributed by atoms with Gasteiger partial charge in [-0.05, 0) is 31.2 Å². The summed E-state index contributed by atoms with van der Waals surface area (Å²) in [5, 5.41) is 12.0. The van der Waals surface area contributed by atoms with Crippen LogP contribution in [0.5, 0.6) is 5.75 Å². The van der Waals surface area contributed by atoms with Crippen molar-refractivity contribution in [2.75, 3.05) is 26.9 Å². The van der Waals surface area contributed by atoms with Crippen LogP contribution >= 0.6 is 0 Å². The summed E-state index contributed by atoms with van der Waals surface area (Å²) >= 11 is 0. The van der Waals surface area contributed by atoms with E-state index >= 15 is 0 Å². The molecule has 1 unspecified atom stereocenters. The summed E-state index contributed by atoms with van der Waals surface area (Å²) in [5.74, 6) is 0.502. The largest absolute Gasteiger partial charge is 0.494 e. The summed E-state index contributed by atoms with van der Waals surface area (Å²) in [6, 6.07) is 6.85. The minimum atomic E-state index is -0.693. The Morgan fingerprint density at radius 3 is 2.61 bits per heavy atom. The smallest absolute Gasteiger partial charge is 0.251 e. The van der Waals surface area contributed by atoms with Crippen LogP contribution in [0.4, 0.5) is 0 Å². The Hall–Kier alpha value is -1.59. The maximum absolute atomic E-state index is 11.7. The minimum Gasteiger partial charge on any atom is -0.494 e. The van der Waals surface area contributed by atoms with Gasteiger partial charge in [-0.15, -0.1) is 0 Å². The molecule has 1 amide bonds. The third-order valence-electron chi connectivity index (χ3n) is 2.28. The summed E-state index contributed by atoms with van der Waals surface area (Å²) in [6.07, 6.45) is -0.693. The maximum atomic E-state index is 11.7. The Balaban J connectivity index is 2.46. The zero-order valence-corrected chi connectivity index (χ0v) is 10.7. The predicted molar refractivity (Wildman–Crippen MR) is 67.8 cm³/mol. The highest BCUT2D eigenvalue weighted by molar-refractivity contribution is 5.94. The number of hydrogen-bond acceptors (Lipinski definition) is 4. The van der Waals surface area contributed by atoms with E-state index in [1.54, 1.807) is 24.3 Å². The zero-order chi connectivity index (χ0) is 13.4. The average molecular weight is 253 g/mol. The van der Waals surface area contributed by atoms with E-state index in [0.717, 1.165) is 5.75 Å². The quantitative estimate of drug-likeness (QED) is 0.755. The van der Waals surface area contributed by atoms with Gasteiger partial charge >= 0.3 is 0 Å². The number of rotatable bonds is 7. The molecule has 0 radical (unpaired) electrons. The number of hydrogen-bond donors (Lipinski definition) is 2. The molecule has 0 saturated heterocycles. The number of ether oxygens (including phenoxy) is 2. The van der Waals surface area contributed by atoms with E-state index in [2.05, 4.69) is 5.32 Å². The van der Waals surface area contributed by atoms with E-state index < -0.39 is 6.10 Å². The molecule has 0 aliphatic heterocycles. The molecule has 0 aliphatic carbocycles. The first-order valence-corrected chi connectivity index (χ1v) is 5.85. The predicted octanol–water partition coefficient (Wildman–Crippen LogP) is 0.822. The molecule has 0 aliphatic rings. The highest BCUT2D eigenvalue weighted by Crippen LogP contribution is 2.11. The second kappa shape index (κ2) is 7.68. The van der Waals surface area contributed by atoms with Crippen LogP contribution in [0.25, 0.3) is 0 Å². The van der Waals surface area contributed by atoms with Crippen molar-refractivity contribution in [3.63, 3.8) is 0 Å². The van der Waals surface area contributed by atoms with Crippen molar-refractivity contribution < 1.29 is 19.4 Å². The van der Waals surface area contributed by atoms with Crippen LogP contribution in [0.15, 0.2) is 24.3 Å². The molecule has 2 N–H and O–H groups in total. The SMILES string of the molecule is CCOc1ccc(C(=O)NCC(O)COC)cc1. The van der Waals surface area contributed by atoms with E-state index in [1.807, 2.05) is 6.92 Å². The number of aliphatic hydroxyl groups excluding tert-OH is 1. The van der Waals surface area contributed by atoms with Crippen LogP contribution in [0.3, 0.4) is 0 Å². The highest BCUT2D eigenvalue weighted by Gasteiger charge is 2.08. The lowest BCUT2D eigenvalue weighted by Gasteiger charge is -2.11. The monoisotopic (exact) mass is 253 g/mol. The molecule has 5 nitrogen and oxygen atoms in total. The average Bonchev–Trinajstić information content (AvgIpc) is 2.37. The molecule has 1 aromatic rings. The molecular weight excluding hydrogens is 234 g/mol. The van der Waals surface area contributed by atoms with Crippen LogP contribution in [0, 0.1) is 0 Å². The van der Waals surface area contributed by atoms with E-state index in [4.69, 9.17) is 9.47 Å². The fraction of sp³-hybridized carbons (Fsp3) is 0.462. The molecule has 0 spiro atoms. The van der Waals surface area contributed by atoms with Crippen LogP contribution in [0.2, 0.25) is 0 Å². The van der Waals surface area contributed by atoms with Crippen LogP contribution < -0.4 is 10.1 Å². The molecule has 0 fully saturated rings. The number of nitrogens with one attached hydrogen (secondary N) is 1. The first kappa shape index (κ1) is 14.5. The molecule has 18 heavy (non-hydrogen) atoms. The van der Waals surface area contributed by atoms with Gasteiger partial charge in [-0.2, -0.15) is 0 Å². The number of methoxy groups -OCH3 is 1. The highest BCUT2D eigenvalue weighted by atomic mass is 16.5. The van der Waals surface area contributed by atoms with Gasteiger partial charge in [-0.3, -0.25) is 4.79 Å². The van der Waals surface area contributed by atoms with E-state index in [1.165, 1.54) is 7.11 Å². The van der Waals surface area contributed by atoms with E-state index in [9.17, 15) is 9.90 Å². The molecule has 100 valence electrons. The Morgan fingerprint density at radius 2 is 2.06 bits per heavy atom. The van der Waals surface area contributed by atoms with Crippen molar-refractivity contribution in [2.45, 2.75) is 13.0 Å². The van der Waals surface area contributed by atoms with Crippen molar-refractivity contribution in [2.24, 2.45) is 0 Å². The first-order valence-electron chi connectivity index (χ1n) is 5.85. The Bertz CT molecular complexity index is 364. The molecule has 0 heterocycles. The zero-order valence-electron chi connectivity index (χ0n) is 10.7. The maximum Gasteiger partial charge on any atom is 0.251 e. The normalized spacial score (nSPS) is 11.9. The van der Waals surface area contributed by atoms with Crippen molar-refractivity contribution in [1.29, 1.82) is 0 Å². The molecule has 1 atom stereocenters.